The highest BCUT2D eigenvalue weighted by atomic mass is 31.2. The second-order valence-corrected chi connectivity index (χ2v) is 12.1. The molecule has 10 heteroatoms. The van der Waals surface area contributed by atoms with Crippen LogP contribution in [0.5, 0.6) is 5.75 Å². The predicted octanol–water partition coefficient (Wildman–Crippen LogP) is 5.23. The van der Waals surface area contributed by atoms with Gasteiger partial charge < -0.3 is 24.3 Å². The van der Waals surface area contributed by atoms with Gasteiger partial charge in [-0.2, -0.15) is 0 Å². The number of pyridine rings is 1. The van der Waals surface area contributed by atoms with Crippen LogP contribution in [0.2, 0.25) is 0 Å². The number of amides is 1. The van der Waals surface area contributed by atoms with Crippen molar-refractivity contribution in [3.05, 3.63) is 54.7 Å². The van der Waals surface area contributed by atoms with E-state index in [1.54, 1.807) is 12.3 Å². The number of furan rings is 1. The molecular formula is C27H30N3O6P. The minimum absolute atomic E-state index is 0.00155. The average Bonchev–Trinajstić information content (AvgIpc) is 3.44. The molecule has 0 spiro atoms. The Morgan fingerprint density at radius 3 is 2.59 bits per heavy atom. The fourth-order valence-corrected chi connectivity index (χ4v) is 5.35. The Morgan fingerprint density at radius 1 is 1.19 bits per heavy atom. The van der Waals surface area contributed by atoms with Crippen LogP contribution in [0.25, 0.3) is 28.2 Å². The highest BCUT2D eigenvalue weighted by Crippen LogP contribution is 2.45. The Bertz CT molecular complexity index is 1520. The molecule has 0 unspecified atom stereocenters. The number of rotatable bonds is 7. The molecule has 1 fully saturated rings. The number of hydrogen-bond donors (Lipinski definition) is 3. The number of hydrogen-bond acceptors (Lipinski definition) is 5. The molecule has 0 radical (unpaired) electrons. The van der Waals surface area contributed by atoms with E-state index in [-0.39, 0.29) is 29.1 Å². The van der Waals surface area contributed by atoms with Gasteiger partial charge in [-0.05, 0) is 80.1 Å². The lowest BCUT2D eigenvalue weighted by atomic mass is 9.64. The second kappa shape index (κ2) is 9.17. The molecule has 5 rings (SSSR count). The fourth-order valence-electron chi connectivity index (χ4n) is 4.86. The van der Waals surface area contributed by atoms with Crippen molar-refractivity contribution >= 4 is 30.5 Å². The number of aromatic nitrogens is 2. The van der Waals surface area contributed by atoms with Gasteiger partial charge in [0.05, 0.1) is 23.6 Å². The topological polar surface area (TPSA) is 126 Å². The van der Waals surface area contributed by atoms with Crippen LogP contribution in [0.3, 0.4) is 0 Å². The lowest BCUT2D eigenvalue weighted by Crippen LogP contribution is -2.39. The first kappa shape index (κ1) is 25.3. The monoisotopic (exact) mass is 523 g/mol. The Labute approximate surface area is 214 Å². The number of nitrogens with zero attached hydrogens (tertiary/aromatic N) is 2. The quantitative estimate of drug-likeness (QED) is 0.283. The van der Waals surface area contributed by atoms with Crippen molar-refractivity contribution in [2.75, 3.05) is 5.32 Å². The molecule has 37 heavy (non-hydrogen) atoms. The van der Waals surface area contributed by atoms with Crippen molar-refractivity contribution in [1.29, 1.82) is 0 Å². The third-order valence-corrected chi connectivity index (χ3v) is 7.31. The van der Waals surface area contributed by atoms with Gasteiger partial charge >= 0.3 is 7.60 Å². The van der Waals surface area contributed by atoms with E-state index in [1.165, 1.54) is 12.1 Å². The van der Waals surface area contributed by atoms with Gasteiger partial charge in [-0.1, -0.05) is 19.9 Å². The number of carbonyl (C=O) groups is 1. The summed E-state index contributed by atoms with van der Waals surface area (Å²) in [7, 11) is -4.54. The average molecular weight is 524 g/mol. The molecule has 1 saturated carbocycles. The van der Waals surface area contributed by atoms with Crippen LogP contribution in [-0.4, -0.2) is 31.2 Å². The van der Waals surface area contributed by atoms with Crippen LogP contribution in [0.4, 0.5) is 5.82 Å². The summed E-state index contributed by atoms with van der Waals surface area (Å²) in [6.07, 6.45) is 3.40. The third-order valence-electron chi connectivity index (χ3n) is 6.49. The van der Waals surface area contributed by atoms with Crippen LogP contribution in [0.1, 0.15) is 40.5 Å². The maximum Gasteiger partial charge on any atom is 0.391 e. The van der Waals surface area contributed by atoms with Gasteiger partial charge in [0.25, 0.3) is 0 Å². The Morgan fingerprint density at radius 2 is 1.95 bits per heavy atom. The van der Waals surface area contributed by atoms with E-state index in [9.17, 15) is 19.1 Å². The molecule has 1 aromatic carbocycles. The Hall–Kier alpha value is -3.39. The minimum Gasteiger partial charge on any atom is -0.490 e. The first-order valence-electron chi connectivity index (χ1n) is 12.2. The SMILES string of the molecule is CC(C)Oc1ccc(-c2cccc3nc(NC(=O)C4CC(C)(C)C4)cn23)cc1-c1ccc(P(=O)(O)O)o1. The van der Waals surface area contributed by atoms with Crippen molar-refractivity contribution in [1.82, 2.24) is 9.38 Å². The lowest BCUT2D eigenvalue weighted by Gasteiger charge is -2.41. The van der Waals surface area contributed by atoms with Crippen LogP contribution in [0, 0.1) is 11.3 Å². The van der Waals surface area contributed by atoms with E-state index in [0.29, 0.717) is 22.8 Å². The number of anilines is 1. The van der Waals surface area contributed by atoms with Crippen molar-refractivity contribution in [2.24, 2.45) is 11.3 Å². The van der Waals surface area contributed by atoms with Gasteiger partial charge in [0.15, 0.2) is 5.82 Å². The molecule has 1 aliphatic carbocycles. The van der Waals surface area contributed by atoms with Crippen molar-refractivity contribution in [2.45, 2.75) is 46.6 Å². The summed E-state index contributed by atoms with van der Waals surface area (Å²) < 4.78 is 25.1. The summed E-state index contributed by atoms with van der Waals surface area (Å²) in [5.74, 6) is 1.28. The van der Waals surface area contributed by atoms with Gasteiger partial charge in [-0.25, -0.2) is 4.98 Å². The third kappa shape index (κ3) is 5.21. The highest BCUT2D eigenvalue weighted by molar-refractivity contribution is 7.59. The smallest absolute Gasteiger partial charge is 0.391 e. The zero-order chi connectivity index (χ0) is 26.5. The molecule has 3 aromatic heterocycles. The van der Waals surface area contributed by atoms with Gasteiger partial charge in [0, 0.05) is 5.92 Å². The molecule has 3 heterocycles. The van der Waals surface area contributed by atoms with E-state index < -0.39 is 13.1 Å². The fraction of sp³-hybridized carbons (Fsp3) is 0.333. The Balaban J connectivity index is 1.51. The van der Waals surface area contributed by atoms with E-state index in [0.717, 1.165) is 24.1 Å². The minimum atomic E-state index is -4.54. The molecule has 194 valence electrons. The van der Waals surface area contributed by atoms with E-state index in [2.05, 4.69) is 24.1 Å². The van der Waals surface area contributed by atoms with Gasteiger partial charge in [-0.15, -0.1) is 0 Å². The number of fused-ring (bicyclic) bond motifs is 1. The Kier molecular flexibility index (Phi) is 6.26. The van der Waals surface area contributed by atoms with Crippen LogP contribution in [0.15, 0.2) is 59.1 Å². The summed E-state index contributed by atoms with van der Waals surface area (Å²) in [6, 6.07) is 14.0. The van der Waals surface area contributed by atoms with E-state index in [4.69, 9.17) is 9.15 Å². The van der Waals surface area contributed by atoms with Crippen LogP contribution < -0.4 is 15.6 Å². The summed E-state index contributed by atoms with van der Waals surface area (Å²) in [4.78, 5) is 36.3. The first-order chi connectivity index (χ1) is 17.4. The zero-order valence-electron chi connectivity index (χ0n) is 21.1. The number of benzene rings is 1. The summed E-state index contributed by atoms with van der Waals surface area (Å²) in [5.41, 5.74) is 2.65. The number of nitrogens with one attached hydrogen (secondary N) is 1. The maximum absolute atomic E-state index is 12.7. The maximum atomic E-state index is 12.7. The molecule has 3 N–H and O–H groups in total. The zero-order valence-corrected chi connectivity index (χ0v) is 22.0. The molecule has 0 atom stereocenters. The van der Waals surface area contributed by atoms with Crippen molar-refractivity contribution < 1.29 is 28.3 Å². The van der Waals surface area contributed by atoms with Crippen LogP contribution in [-0.2, 0) is 9.36 Å². The molecule has 1 amide bonds. The van der Waals surface area contributed by atoms with E-state index in [1.807, 2.05) is 48.6 Å². The van der Waals surface area contributed by atoms with E-state index >= 15 is 0 Å². The van der Waals surface area contributed by atoms with Crippen LogP contribution >= 0.6 is 7.60 Å². The number of carbonyl (C=O) groups excluding carboxylic acids is 1. The largest absolute Gasteiger partial charge is 0.490 e. The van der Waals surface area contributed by atoms with Crippen molar-refractivity contribution in [3.63, 3.8) is 0 Å². The van der Waals surface area contributed by atoms with Crippen molar-refractivity contribution in [3.8, 4) is 28.3 Å². The lowest BCUT2D eigenvalue weighted by molar-refractivity contribution is -0.126. The highest BCUT2D eigenvalue weighted by Gasteiger charge is 2.40. The molecule has 1 aliphatic rings. The summed E-state index contributed by atoms with van der Waals surface area (Å²) in [5, 5.41) is 2.95. The summed E-state index contributed by atoms with van der Waals surface area (Å²) >= 11 is 0. The van der Waals surface area contributed by atoms with Gasteiger partial charge in [-0.3, -0.25) is 13.8 Å². The first-order valence-corrected chi connectivity index (χ1v) is 13.8. The molecule has 0 saturated heterocycles. The van der Waals surface area contributed by atoms with Gasteiger partial charge in [0.2, 0.25) is 11.4 Å². The molecule has 0 bridgehead atoms. The summed E-state index contributed by atoms with van der Waals surface area (Å²) in [6.45, 7) is 8.12. The molecule has 9 nitrogen and oxygen atoms in total. The number of ether oxygens (including phenoxy) is 1. The molecule has 0 aliphatic heterocycles. The second-order valence-electron chi connectivity index (χ2n) is 10.6. The standard InChI is InChI=1S/C27H30N3O6P/c1-16(2)35-21-9-8-17(12-19(21)22-10-11-25(36-22)37(32,33)34)20-6-5-7-24-28-23(15-30(20)24)29-26(31)18-13-27(3,4)14-18/h5-12,15-16,18H,13-14H2,1-4H3,(H,29,31)(H2,32,33,34). The molecule has 4 aromatic rings. The normalized spacial score (nSPS) is 15.6. The molecular weight excluding hydrogens is 493 g/mol. The number of imidazole rings is 1. The van der Waals surface area contributed by atoms with Gasteiger partial charge in [0.1, 0.15) is 17.2 Å². The predicted molar refractivity (Wildman–Crippen MR) is 141 cm³/mol.